The minimum atomic E-state index is -0.0490. The lowest BCUT2D eigenvalue weighted by molar-refractivity contribution is 0.787. The molecule has 0 heterocycles. The summed E-state index contributed by atoms with van der Waals surface area (Å²) in [6.45, 7) is 0. The van der Waals surface area contributed by atoms with Crippen molar-refractivity contribution in [3.05, 3.63) is 21.8 Å². The van der Waals surface area contributed by atoms with Crippen LogP contribution in [0.5, 0.6) is 0 Å². The molecule has 2 nitrogen and oxygen atoms in total. The lowest BCUT2D eigenvalue weighted by atomic mass is 10.1. The van der Waals surface area contributed by atoms with Crippen LogP contribution < -0.4 is 11.1 Å². The fourth-order valence-corrected chi connectivity index (χ4v) is 1.82. The lowest BCUT2D eigenvalue weighted by Gasteiger charge is -2.17. The van der Waals surface area contributed by atoms with Gasteiger partial charge < -0.3 is 11.1 Å². The van der Waals surface area contributed by atoms with Gasteiger partial charge in [-0.1, -0.05) is 23.2 Å². The van der Waals surface area contributed by atoms with Gasteiger partial charge in [0, 0.05) is 24.5 Å². The molecule has 1 unspecified atom stereocenters. The van der Waals surface area contributed by atoms with E-state index in [2.05, 4.69) is 5.32 Å². The number of allylic oxidation sites excluding steroid dienone is 1. The van der Waals surface area contributed by atoms with E-state index in [-0.39, 0.29) is 6.04 Å². The van der Waals surface area contributed by atoms with Crippen molar-refractivity contribution in [3.63, 3.8) is 0 Å². The quantitative estimate of drug-likeness (QED) is 0.662. The Labute approximate surface area is 76.0 Å². The molecular formula is C7H10Cl2N2. The van der Waals surface area contributed by atoms with E-state index in [9.17, 15) is 0 Å². The predicted octanol–water partition coefficient (Wildman–Crippen LogP) is 1.51. The van der Waals surface area contributed by atoms with Gasteiger partial charge in [-0.05, 0) is 6.08 Å². The molecule has 0 bridgehead atoms. The molecule has 0 aliphatic heterocycles. The molecule has 0 radical (unpaired) electrons. The molecule has 1 aliphatic carbocycles. The number of likely N-dealkylation sites (N-methyl/N-ethyl adjacent to an activating group) is 1. The van der Waals surface area contributed by atoms with Crippen molar-refractivity contribution in [1.29, 1.82) is 0 Å². The SMILES string of the molecule is CNC1=C(Cl)CC(N)C=C1Cl. The largest absolute Gasteiger partial charge is 0.386 e. The first-order valence-corrected chi connectivity index (χ1v) is 4.10. The summed E-state index contributed by atoms with van der Waals surface area (Å²) < 4.78 is 0. The van der Waals surface area contributed by atoms with Crippen LogP contribution >= 0.6 is 23.2 Å². The first-order chi connectivity index (χ1) is 5.15. The van der Waals surface area contributed by atoms with Crippen molar-refractivity contribution in [2.24, 2.45) is 5.73 Å². The Hall–Kier alpha value is -0.180. The van der Waals surface area contributed by atoms with Crippen LogP contribution in [0.15, 0.2) is 21.8 Å². The monoisotopic (exact) mass is 192 g/mol. The third-order valence-electron chi connectivity index (χ3n) is 1.54. The molecule has 0 fully saturated rings. The first-order valence-electron chi connectivity index (χ1n) is 3.35. The molecular weight excluding hydrogens is 183 g/mol. The van der Waals surface area contributed by atoms with Gasteiger partial charge in [0.05, 0.1) is 10.7 Å². The molecule has 0 saturated heterocycles. The second kappa shape index (κ2) is 3.48. The van der Waals surface area contributed by atoms with Crippen molar-refractivity contribution >= 4 is 23.2 Å². The molecule has 0 aromatic heterocycles. The van der Waals surface area contributed by atoms with Crippen LogP contribution in [0.2, 0.25) is 0 Å². The standard InChI is InChI=1S/C7H10Cl2N2/c1-11-7-5(8)2-4(10)3-6(7)9/h2,4,11H,3,10H2,1H3. The Morgan fingerprint density at radius 1 is 1.64 bits per heavy atom. The summed E-state index contributed by atoms with van der Waals surface area (Å²) in [5.74, 6) is 0. The maximum Gasteiger partial charge on any atom is 0.0672 e. The first kappa shape index (κ1) is 8.91. The zero-order valence-corrected chi connectivity index (χ0v) is 7.71. The van der Waals surface area contributed by atoms with E-state index in [1.54, 1.807) is 13.1 Å². The van der Waals surface area contributed by atoms with Crippen molar-refractivity contribution < 1.29 is 0 Å². The lowest BCUT2D eigenvalue weighted by Crippen LogP contribution is -2.23. The Bertz CT molecular complexity index is 220. The number of nitrogens with one attached hydrogen (secondary N) is 1. The van der Waals surface area contributed by atoms with Gasteiger partial charge in [-0.25, -0.2) is 0 Å². The van der Waals surface area contributed by atoms with Crippen LogP contribution in [0.25, 0.3) is 0 Å². The summed E-state index contributed by atoms with van der Waals surface area (Å²) in [6.07, 6.45) is 2.45. The summed E-state index contributed by atoms with van der Waals surface area (Å²) in [5.41, 5.74) is 6.41. The number of halogens is 2. The van der Waals surface area contributed by atoms with Crippen molar-refractivity contribution in [1.82, 2.24) is 5.32 Å². The highest BCUT2D eigenvalue weighted by atomic mass is 35.5. The molecule has 0 amide bonds. The van der Waals surface area contributed by atoms with Gasteiger partial charge in [-0.3, -0.25) is 0 Å². The van der Waals surface area contributed by atoms with Crippen LogP contribution in [-0.4, -0.2) is 13.1 Å². The van der Waals surface area contributed by atoms with Crippen molar-refractivity contribution in [2.45, 2.75) is 12.5 Å². The highest BCUT2D eigenvalue weighted by molar-refractivity contribution is 6.36. The molecule has 1 rings (SSSR count). The average Bonchev–Trinajstić information content (AvgIpc) is 1.85. The van der Waals surface area contributed by atoms with Crippen molar-refractivity contribution in [2.75, 3.05) is 7.05 Å². The topological polar surface area (TPSA) is 38.0 Å². The van der Waals surface area contributed by atoms with Gasteiger partial charge in [0.15, 0.2) is 0 Å². The molecule has 0 aromatic carbocycles. The average molecular weight is 193 g/mol. The summed E-state index contributed by atoms with van der Waals surface area (Å²) in [6, 6.07) is -0.0490. The molecule has 0 saturated carbocycles. The van der Waals surface area contributed by atoms with Gasteiger partial charge in [-0.15, -0.1) is 0 Å². The fourth-order valence-electron chi connectivity index (χ4n) is 1.02. The van der Waals surface area contributed by atoms with Gasteiger partial charge in [0.2, 0.25) is 0 Å². The van der Waals surface area contributed by atoms with E-state index in [1.165, 1.54) is 0 Å². The molecule has 11 heavy (non-hydrogen) atoms. The van der Waals surface area contributed by atoms with E-state index in [4.69, 9.17) is 28.9 Å². The second-order valence-corrected chi connectivity index (χ2v) is 3.28. The Morgan fingerprint density at radius 3 is 2.73 bits per heavy atom. The Balaban J connectivity index is 2.90. The van der Waals surface area contributed by atoms with Crippen LogP contribution in [0, 0.1) is 0 Å². The predicted molar refractivity (Wildman–Crippen MR) is 48.5 cm³/mol. The Morgan fingerprint density at radius 2 is 2.27 bits per heavy atom. The summed E-state index contributed by atoms with van der Waals surface area (Å²) >= 11 is 11.7. The number of nitrogens with two attached hydrogens (primary N) is 1. The van der Waals surface area contributed by atoms with Gasteiger partial charge in [-0.2, -0.15) is 0 Å². The van der Waals surface area contributed by atoms with E-state index < -0.39 is 0 Å². The molecule has 3 N–H and O–H groups in total. The summed E-state index contributed by atoms with van der Waals surface area (Å²) in [4.78, 5) is 0. The third kappa shape index (κ3) is 1.89. The minimum absolute atomic E-state index is 0.0490. The van der Waals surface area contributed by atoms with Crippen LogP contribution in [0.4, 0.5) is 0 Å². The smallest absolute Gasteiger partial charge is 0.0672 e. The molecule has 1 aliphatic rings. The van der Waals surface area contributed by atoms with E-state index >= 15 is 0 Å². The third-order valence-corrected chi connectivity index (χ3v) is 2.19. The van der Waals surface area contributed by atoms with Crippen LogP contribution in [0.3, 0.4) is 0 Å². The van der Waals surface area contributed by atoms with Gasteiger partial charge in [0.1, 0.15) is 0 Å². The summed E-state index contributed by atoms with van der Waals surface area (Å²) in [5, 5.41) is 4.22. The highest BCUT2D eigenvalue weighted by Gasteiger charge is 2.16. The molecule has 4 heteroatoms. The van der Waals surface area contributed by atoms with Crippen LogP contribution in [0.1, 0.15) is 6.42 Å². The molecule has 1 atom stereocenters. The number of rotatable bonds is 1. The van der Waals surface area contributed by atoms with Crippen molar-refractivity contribution in [3.8, 4) is 0 Å². The second-order valence-electron chi connectivity index (χ2n) is 2.41. The van der Waals surface area contributed by atoms with Gasteiger partial charge >= 0.3 is 0 Å². The molecule has 0 spiro atoms. The normalized spacial score (nSPS) is 25.1. The number of hydrogen-bond donors (Lipinski definition) is 2. The highest BCUT2D eigenvalue weighted by Crippen LogP contribution is 2.27. The minimum Gasteiger partial charge on any atom is -0.386 e. The molecule has 62 valence electrons. The summed E-state index contributed by atoms with van der Waals surface area (Å²) in [7, 11) is 1.78. The van der Waals surface area contributed by atoms with Crippen LogP contribution in [-0.2, 0) is 0 Å². The maximum atomic E-state index is 5.88. The van der Waals surface area contributed by atoms with E-state index in [0.29, 0.717) is 16.5 Å². The zero-order valence-electron chi connectivity index (χ0n) is 6.20. The fraction of sp³-hybridized carbons (Fsp3) is 0.429. The van der Waals surface area contributed by atoms with Gasteiger partial charge in [0.25, 0.3) is 0 Å². The van der Waals surface area contributed by atoms with E-state index in [1.807, 2.05) is 0 Å². The Kier molecular flexibility index (Phi) is 2.82. The maximum absolute atomic E-state index is 5.88. The zero-order chi connectivity index (χ0) is 8.43. The number of hydrogen-bond acceptors (Lipinski definition) is 2. The molecule has 0 aromatic rings. The van der Waals surface area contributed by atoms with E-state index in [0.717, 1.165) is 5.70 Å².